The molecular formula is C15H22N2O. The molecule has 1 heterocycles. The van der Waals surface area contributed by atoms with Crippen molar-refractivity contribution in [1.82, 2.24) is 4.90 Å². The standard InChI is InChI=1S/C15H22N2O/c1-11-7-5-8-12(2)14(11)17(4)15(18)13-9-6-10-16(13)3/h5,7-8,13H,6,9-10H2,1-4H3/t13-/m0/s1. The number of amides is 1. The minimum atomic E-state index is 0.0500. The van der Waals surface area contributed by atoms with Crippen molar-refractivity contribution in [2.45, 2.75) is 32.7 Å². The van der Waals surface area contributed by atoms with Crippen molar-refractivity contribution in [1.29, 1.82) is 0 Å². The van der Waals surface area contributed by atoms with Crippen molar-refractivity contribution in [3.8, 4) is 0 Å². The van der Waals surface area contributed by atoms with Crippen LogP contribution < -0.4 is 4.90 Å². The number of hydrogen-bond donors (Lipinski definition) is 0. The molecule has 0 aliphatic carbocycles. The van der Waals surface area contributed by atoms with E-state index >= 15 is 0 Å². The van der Waals surface area contributed by atoms with Crippen LogP contribution in [0.2, 0.25) is 0 Å². The van der Waals surface area contributed by atoms with Crippen molar-refractivity contribution in [3.63, 3.8) is 0 Å². The molecule has 18 heavy (non-hydrogen) atoms. The summed E-state index contributed by atoms with van der Waals surface area (Å²) in [4.78, 5) is 16.5. The third-order valence-electron chi connectivity index (χ3n) is 3.91. The lowest BCUT2D eigenvalue weighted by molar-refractivity contribution is -0.122. The molecule has 3 nitrogen and oxygen atoms in total. The van der Waals surface area contributed by atoms with Gasteiger partial charge >= 0.3 is 0 Å². The Morgan fingerprint density at radius 2 is 1.94 bits per heavy atom. The second-order valence-corrected chi connectivity index (χ2v) is 5.28. The molecule has 0 spiro atoms. The summed E-state index contributed by atoms with van der Waals surface area (Å²) >= 11 is 0. The average molecular weight is 246 g/mol. The first-order valence-electron chi connectivity index (χ1n) is 6.56. The van der Waals surface area contributed by atoms with E-state index in [2.05, 4.69) is 30.9 Å². The molecule has 0 radical (unpaired) electrons. The number of carbonyl (C=O) groups excluding carboxylic acids is 1. The van der Waals surface area contributed by atoms with Crippen molar-refractivity contribution < 1.29 is 4.79 Å². The summed E-state index contributed by atoms with van der Waals surface area (Å²) in [5.74, 6) is 0.215. The van der Waals surface area contributed by atoms with Crippen LogP contribution in [0.15, 0.2) is 18.2 Å². The second kappa shape index (κ2) is 5.11. The van der Waals surface area contributed by atoms with Gasteiger partial charge in [0.25, 0.3) is 0 Å². The minimum Gasteiger partial charge on any atom is -0.314 e. The molecule has 1 saturated heterocycles. The van der Waals surface area contributed by atoms with Crippen molar-refractivity contribution in [2.24, 2.45) is 0 Å². The second-order valence-electron chi connectivity index (χ2n) is 5.28. The van der Waals surface area contributed by atoms with Crippen LogP contribution in [0.25, 0.3) is 0 Å². The molecule has 1 atom stereocenters. The third kappa shape index (κ3) is 2.27. The maximum absolute atomic E-state index is 12.5. The van der Waals surface area contributed by atoms with Crippen LogP contribution in [-0.2, 0) is 4.79 Å². The van der Waals surface area contributed by atoms with Crippen LogP contribution in [0, 0.1) is 13.8 Å². The molecule has 0 N–H and O–H groups in total. The third-order valence-corrected chi connectivity index (χ3v) is 3.91. The van der Waals surface area contributed by atoms with Crippen LogP contribution >= 0.6 is 0 Å². The molecule has 1 fully saturated rings. The number of para-hydroxylation sites is 1. The summed E-state index contributed by atoms with van der Waals surface area (Å²) in [5, 5.41) is 0. The highest BCUT2D eigenvalue weighted by molar-refractivity contribution is 5.98. The SMILES string of the molecule is Cc1cccc(C)c1N(C)C(=O)[C@@H]1CCCN1C. The van der Waals surface area contributed by atoms with Crippen LogP contribution in [0.5, 0.6) is 0 Å². The van der Waals surface area contributed by atoms with E-state index in [-0.39, 0.29) is 11.9 Å². The van der Waals surface area contributed by atoms with Crippen LogP contribution in [0.4, 0.5) is 5.69 Å². The zero-order chi connectivity index (χ0) is 13.3. The fourth-order valence-corrected chi connectivity index (χ4v) is 2.89. The Morgan fingerprint density at radius 3 is 2.44 bits per heavy atom. The van der Waals surface area contributed by atoms with E-state index in [1.54, 1.807) is 0 Å². The number of aryl methyl sites for hydroxylation is 2. The summed E-state index contributed by atoms with van der Waals surface area (Å²) in [5.41, 5.74) is 3.38. The van der Waals surface area contributed by atoms with Gasteiger partial charge in [-0.25, -0.2) is 0 Å². The Kier molecular flexibility index (Phi) is 3.71. The van der Waals surface area contributed by atoms with Gasteiger partial charge in [0, 0.05) is 12.7 Å². The summed E-state index contributed by atoms with van der Waals surface area (Å²) < 4.78 is 0. The fraction of sp³-hybridized carbons (Fsp3) is 0.533. The molecule has 3 heteroatoms. The predicted molar refractivity (Wildman–Crippen MR) is 75.0 cm³/mol. The zero-order valence-electron chi connectivity index (χ0n) is 11.7. The maximum atomic E-state index is 12.5. The smallest absolute Gasteiger partial charge is 0.244 e. The van der Waals surface area contributed by atoms with E-state index in [4.69, 9.17) is 0 Å². The summed E-state index contributed by atoms with van der Waals surface area (Å²) in [7, 11) is 3.93. The Labute approximate surface area is 109 Å². The normalized spacial score (nSPS) is 20.1. The van der Waals surface area contributed by atoms with E-state index in [1.165, 1.54) is 0 Å². The molecule has 0 unspecified atom stereocenters. The number of hydrogen-bond acceptors (Lipinski definition) is 2. The van der Waals surface area contributed by atoms with Gasteiger partial charge in [-0.1, -0.05) is 18.2 Å². The van der Waals surface area contributed by atoms with E-state index in [9.17, 15) is 4.79 Å². The highest BCUT2D eigenvalue weighted by atomic mass is 16.2. The lowest BCUT2D eigenvalue weighted by Gasteiger charge is -2.27. The van der Waals surface area contributed by atoms with E-state index in [0.717, 1.165) is 36.2 Å². The van der Waals surface area contributed by atoms with Crippen LogP contribution in [-0.4, -0.2) is 37.5 Å². The number of nitrogens with zero attached hydrogens (tertiary/aromatic N) is 2. The number of rotatable bonds is 2. The van der Waals surface area contributed by atoms with Gasteiger partial charge in [0.1, 0.15) is 0 Å². The first kappa shape index (κ1) is 13.1. The van der Waals surface area contributed by atoms with Gasteiger partial charge < -0.3 is 4.90 Å². The van der Waals surface area contributed by atoms with E-state index in [0.29, 0.717) is 0 Å². The molecule has 1 aliphatic heterocycles. The molecule has 0 saturated carbocycles. The summed E-state index contributed by atoms with van der Waals surface area (Å²) in [6.45, 7) is 5.14. The monoisotopic (exact) mass is 246 g/mol. The highest BCUT2D eigenvalue weighted by Crippen LogP contribution is 2.26. The highest BCUT2D eigenvalue weighted by Gasteiger charge is 2.31. The molecule has 1 aromatic rings. The van der Waals surface area contributed by atoms with Crippen molar-refractivity contribution in [3.05, 3.63) is 29.3 Å². The summed E-state index contributed by atoms with van der Waals surface area (Å²) in [6.07, 6.45) is 2.10. The molecule has 0 bridgehead atoms. The predicted octanol–water partition coefficient (Wildman–Crippen LogP) is 2.36. The van der Waals surface area contributed by atoms with Gasteiger partial charge in [-0.2, -0.15) is 0 Å². The number of benzene rings is 1. The van der Waals surface area contributed by atoms with E-state index in [1.807, 2.05) is 25.1 Å². The van der Waals surface area contributed by atoms with Crippen molar-refractivity contribution >= 4 is 11.6 Å². The van der Waals surface area contributed by atoms with E-state index < -0.39 is 0 Å². The Morgan fingerprint density at radius 1 is 1.33 bits per heavy atom. The first-order chi connectivity index (χ1) is 8.52. The number of likely N-dealkylation sites (tertiary alicyclic amines) is 1. The molecule has 1 amide bonds. The van der Waals surface area contributed by atoms with Crippen molar-refractivity contribution in [2.75, 3.05) is 25.5 Å². The Balaban J connectivity index is 2.25. The minimum absolute atomic E-state index is 0.0500. The van der Waals surface area contributed by atoms with Gasteiger partial charge in [0.05, 0.1) is 6.04 Å². The molecule has 0 aromatic heterocycles. The Hall–Kier alpha value is -1.35. The zero-order valence-corrected chi connectivity index (χ0v) is 11.7. The molecular weight excluding hydrogens is 224 g/mol. The maximum Gasteiger partial charge on any atom is 0.244 e. The Bertz CT molecular complexity index is 436. The molecule has 98 valence electrons. The summed E-state index contributed by atoms with van der Waals surface area (Å²) in [6, 6.07) is 6.21. The molecule has 2 rings (SSSR count). The largest absolute Gasteiger partial charge is 0.314 e. The van der Waals surface area contributed by atoms with Gasteiger partial charge in [0.15, 0.2) is 0 Å². The van der Waals surface area contributed by atoms with Crippen LogP contribution in [0.1, 0.15) is 24.0 Å². The van der Waals surface area contributed by atoms with Gasteiger partial charge in [0.2, 0.25) is 5.91 Å². The van der Waals surface area contributed by atoms with Gasteiger partial charge in [-0.05, 0) is 51.4 Å². The lowest BCUT2D eigenvalue weighted by atomic mass is 10.1. The molecule has 1 aromatic carbocycles. The fourth-order valence-electron chi connectivity index (χ4n) is 2.89. The quantitative estimate of drug-likeness (QED) is 0.800. The van der Waals surface area contributed by atoms with Gasteiger partial charge in [-0.3, -0.25) is 9.69 Å². The average Bonchev–Trinajstić information content (AvgIpc) is 2.74. The topological polar surface area (TPSA) is 23.6 Å². The van der Waals surface area contributed by atoms with Crippen LogP contribution in [0.3, 0.4) is 0 Å². The first-order valence-corrected chi connectivity index (χ1v) is 6.56. The lowest BCUT2D eigenvalue weighted by Crippen LogP contribution is -2.43. The number of carbonyl (C=O) groups is 1. The number of anilines is 1. The number of likely N-dealkylation sites (N-methyl/N-ethyl adjacent to an activating group) is 2. The molecule has 1 aliphatic rings. The van der Waals surface area contributed by atoms with Gasteiger partial charge in [-0.15, -0.1) is 0 Å².